The maximum Gasteiger partial charge on any atom is 0.330 e. The molecule has 1 rings (SSSR count). The van der Waals surface area contributed by atoms with Crippen molar-refractivity contribution in [3.05, 3.63) is 0 Å². The third kappa shape index (κ3) is 4.79. The minimum absolute atomic E-state index is 0.307. The van der Waals surface area contributed by atoms with Crippen LogP contribution in [-0.2, 0) is 4.74 Å². The van der Waals surface area contributed by atoms with Crippen LogP contribution in [0.4, 0.5) is 17.6 Å². The molecule has 0 saturated heterocycles. The quantitative estimate of drug-likeness (QED) is 0.678. The largest absolute Gasteiger partial charge is 0.391 e. The second-order valence-corrected chi connectivity index (χ2v) is 3.91. The molecule has 90 valence electrons. The van der Waals surface area contributed by atoms with Gasteiger partial charge < -0.3 is 9.84 Å². The Bertz CT molecular complexity index is 195. The summed E-state index contributed by atoms with van der Waals surface area (Å²) in [4.78, 5) is 0. The van der Waals surface area contributed by atoms with Gasteiger partial charge in [-0.1, -0.05) is 12.8 Å². The first kappa shape index (κ1) is 12.7. The molecular weight excluding hydrogens is 216 g/mol. The lowest BCUT2D eigenvalue weighted by molar-refractivity contribution is -0.170. The van der Waals surface area contributed by atoms with Crippen LogP contribution in [0.5, 0.6) is 0 Å². The summed E-state index contributed by atoms with van der Waals surface area (Å²) in [6, 6.07) is 0. The first-order valence-corrected chi connectivity index (χ1v) is 4.83. The van der Waals surface area contributed by atoms with Gasteiger partial charge in [0.15, 0.2) is 0 Å². The van der Waals surface area contributed by atoms with E-state index in [1.165, 1.54) is 0 Å². The van der Waals surface area contributed by atoms with E-state index in [-0.39, 0.29) is 6.61 Å². The molecule has 2 nitrogen and oxygen atoms in total. The smallest absolute Gasteiger partial charge is 0.330 e. The zero-order valence-electron chi connectivity index (χ0n) is 8.13. The summed E-state index contributed by atoms with van der Waals surface area (Å²) in [5, 5.41) is 9.24. The van der Waals surface area contributed by atoms with Gasteiger partial charge in [-0.25, -0.2) is 8.78 Å². The first-order valence-electron chi connectivity index (χ1n) is 4.83. The molecular formula is C9H14F4O2. The fraction of sp³-hybridized carbons (Fsp3) is 1.00. The molecule has 0 aromatic carbocycles. The Morgan fingerprint density at radius 3 is 2.40 bits per heavy atom. The maximum atomic E-state index is 12.3. The van der Waals surface area contributed by atoms with Gasteiger partial charge in [0.05, 0.1) is 12.7 Å². The van der Waals surface area contributed by atoms with Gasteiger partial charge in [-0.2, -0.15) is 8.78 Å². The van der Waals surface area contributed by atoms with Crippen molar-refractivity contribution in [1.29, 1.82) is 0 Å². The Kier molecular flexibility index (Phi) is 4.33. The van der Waals surface area contributed by atoms with Gasteiger partial charge >= 0.3 is 12.3 Å². The molecule has 0 aliphatic heterocycles. The lowest BCUT2D eigenvalue weighted by atomic mass is 10.2. The Labute approximate surface area is 85.2 Å². The third-order valence-electron chi connectivity index (χ3n) is 2.23. The van der Waals surface area contributed by atoms with Crippen molar-refractivity contribution >= 4 is 0 Å². The average molecular weight is 230 g/mol. The molecule has 15 heavy (non-hydrogen) atoms. The van der Waals surface area contributed by atoms with Crippen LogP contribution in [-0.4, -0.2) is 36.8 Å². The summed E-state index contributed by atoms with van der Waals surface area (Å²) in [5.74, 6) is -3.68. The average Bonchev–Trinajstić information content (AvgIpc) is 2.87. The van der Waals surface area contributed by atoms with Crippen molar-refractivity contribution in [2.75, 3.05) is 13.2 Å². The zero-order chi connectivity index (χ0) is 11.5. The van der Waals surface area contributed by atoms with Crippen molar-refractivity contribution in [3.8, 4) is 0 Å². The van der Waals surface area contributed by atoms with E-state index in [0.29, 0.717) is 12.3 Å². The molecule has 0 radical (unpaired) electrons. The monoisotopic (exact) mass is 230 g/mol. The molecule has 6 heteroatoms. The molecule has 0 spiro atoms. The van der Waals surface area contributed by atoms with Crippen molar-refractivity contribution in [2.45, 2.75) is 37.7 Å². The topological polar surface area (TPSA) is 29.5 Å². The van der Waals surface area contributed by atoms with Crippen LogP contribution in [0.2, 0.25) is 0 Å². The summed E-state index contributed by atoms with van der Waals surface area (Å²) in [5.41, 5.74) is 0. The molecule has 1 N–H and O–H groups in total. The Morgan fingerprint density at radius 2 is 1.93 bits per heavy atom. The number of hydrogen-bond donors (Lipinski definition) is 1. The van der Waals surface area contributed by atoms with Crippen molar-refractivity contribution in [3.63, 3.8) is 0 Å². The molecule has 0 amide bonds. The number of aliphatic hydroxyl groups excluding tert-OH is 1. The van der Waals surface area contributed by atoms with E-state index in [9.17, 15) is 22.7 Å². The molecule has 1 unspecified atom stereocenters. The van der Waals surface area contributed by atoms with Crippen LogP contribution in [0, 0.1) is 5.92 Å². The minimum atomic E-state index is -4.13. The molecule has 1 fully saturated rings. The van der Waals surface area contributed by atoms with Crippen molar-refractivity contribution in [2.24, 2.45) is 5.92 Å². The highest BCUT2D eigenvalue weighted by Gasteiger charge is 2.41. The summed E-state index contributed by atoms with van der Waals surface area (Å²) in [6.07, 6.45) is -1.99. The Balaban J connectivity index is 2.08. The van der Waals surface area contributed by atoms with Crippen LogP contribution in [0.15, 0.2) is 0 Å². The van der Waals surface area contributed by atoms with E-state index in [4.69, 9.17) is 0 Å². The van der Waals surface area contributed by atoms with Gasteiger partial charge in [-0.15, -0.1) is 0 Å². The third-order valence-corrected chi connectivity index (χ3v) is 2.23. The Morgan fingerprint density at radius 1 is 1.33 bits per heavy atom. The lowest BCUT2D eigenvalue weighted by Gasteiger charge is -2.16. The van der Waals surface area contributed by atoms with E-state index >= 15 is 0 Å². The molecule has 1 aliphatic carbocycles. The number of alkyl halides is 4. The predicted molar refractivity (Wildman–Crippen MR) is 45.1 cm³/mol. The lowest BCUT2D eigenvalue weighted by Crippen LogP contribution is -2.33. The van der Waals surface area contributed by atoms with Crippen LogP contribution in [0.1, 0.15) is 19.3 Å². The summed E-state index contributed by atoms with van der Waals surface area (Å²) < 4.78 is 52.3. The Hall–Kier alpha value is -0.360. The fourth-order valence-corrected chi connectivity index (χ4v) is 1.20. The standard InChI is InChI=1S/C9H14F4O2/c10-8(11)9(12,13)5-15-4-7(14)3-6-1-2-6/h6-8,14H,1-5H2. The van der Waals surface area contributed by atoms with Crippen LogP contribution < -0.4 is 0 Å². The summed E-state index contributed by atoms with van der Waals surface area (Å²) >= 11 is 0. The molecule has 1 saturated carbocycles. The van der Waals surface area contributed by atoms with E-state index < -0.39 is 25.1 Å². The van der Waals surface area contributed by atoms with Crippen LogP contribution in [0.3, 0.4) is 0 Å². The fourth-order valence-electron chi connectivity index (χ4n) is 1.20. The highest BCUT2D eigenvalue weighted by Crippen LogP contribution is 2.33. The van der Waals surface area contributed by atoms with Gasteiger partial charge in [0.1, 0.15) is 6.61 Å². The van der Waals surface area contributed by atoms with Crippen LogP contribution >= 0.6 is 0 Å². The minimum Gasteiger partial charge on any atom is -0.391 e. The number of ether oxygens (including phenoxy) is 1. The normalized spacial score (nSPS) is 19.6. The van der Waals surface area contributed by atoms with Gasteiger partial charge in [-0.3, -0.25) is 0 Å². The molecule has 1 atom stereocenters. The highest BCUT2D eigenvalue weighted by molar-refractivity contribution is 4.76. The van der Waals surface area contributed by atoms with Crippen molar-refractivity contribution < 1.29 is 27.4 Å². The zero-order valence-corrected chi connectivity index (χ0v) is 8.13. The van der Waals surface area contributed by atoms with Gasteiger partial charge in [0, 0.05) is 0 Å². The highest BCUT2D eigenvalue weighted by atomic mass is 19.3. The first-order chi connectivity index (χ1) is 6.92. The predicted octanol–water partition coefficient (Wildman–Crippen LogP) is 2.06. The molecule has 0 bridgehead atoms. The van der Waals surface area contributed by atoms with Gasteiger partial charge in [0.2, 0.25) is 0 Å². The number of hydrogen-bond acceptors (Lipinski definition) is 2. The molecule has 1 aliphatic rings. The van der Waals surface area contributed by atoms with Crippen LogP contribution in [0.25, 0.3) is 0 Å². The number of halogens is 4. The van der Waals surface area contributed by atoms with Gasteiger partial charge in [-0.05, 0) is 12.3 Å². The second kappa shape index (κ2) is 5.12. The molecule has 0 heterocycles. The van der Waals surface area contributed by atoms with E-state index in [2.05, 4.69) is 4.74 Å². The molecule has 0 aromatic rings. The van der Waals surface area contributed by atoms with E-state index in [0.717, 1.165) is 12.8 Å². The van der Waals surface area contributed by atoms with E-state index in [1.54, 1.807) is 0 Å². The maximum absolute atomic E-state index is 12.3. The SMILES string of the molecule is OC(COCC(F)(F)C(F)F)CC1CC1. The summed E-state index contributed by atoms with van der Waals surface area (Å²) in [6.45, 7) is -1.65. The van der Waals surface area contributed by atoms with Gasteiger partial charge in [0.25, 0.3) is 0 Å². The second-order valence-electron chi connectivity index (χ2n) is 3.91. The van der Waals surface area contributed by atoms with E-state index in [1.807, 2.05) is 0 Å². The number of rotatable bonds is 7. The molecule has 0 aromatic heterocycles. The van der Waals surface area contributed by atoms with Crippen molar-refractivity contribution in [1.82, 2.24) is 0 Å². The summed E-state index contributed by atoms with van der Waals surface area (Å²) in [7, 11) is 0. The number of aliphatic hydroxyl groups is 1.